The van der Waals surface area contributed by atoms with Crippen LogP contribution in [-0.2, 0) is 4.79 Å². The summed E-state index contributed by atoms with van der Waals surface area (Å²) in [5.41, 5.74) is 1.12. The Balaban J connectivity index is 2.11. The standard InChI is InChI=1S/C11H10N2OS/c1-2-7-10(14)12-11-13(7)8-5-3-4-6-9(8)15-11/h3-7H,2H2,1H3. The molecule has 0 aromatic heterocycles. The van der Waals surface area contributed by atoms with Crippen LogP contribution in [0.5, 0.6) is 0 Å². The van der Waals surface area contributed by atoms with Gasteiger partial charge in [0.1, 0.15) is 6.04 Å². The van der Waals surface area contributed by atoms with Crippen molar-refractivity contribution in [1.82, 2.24) is 0 Å². The summed E-state index contributed by atoms with van der Waals surface area (Å²) in [5, 5.41) is 0.841. The molecule has 3 nitrogen and oxygen atoms in total. The van der Waals surface area contributed by atoms with E-state index in [1.807, 2.05) is 25.1 Å². The zero-order valence-electron chi connectivity index (χ0n) is 8.30. The minimum atomic E-state index is -0.0869. The van der Waals surface area contributed by atoms with E-state index in [0.29, 0.717) is 0 Å². The maximum atomic E-state index is 11.6. The van der Waals surface area contributed by atoms with E-state index >= 15 is 0 Å². The maximum absolute atomic E-state index is 11.6. The second-order valence-electron chi connectivity index (χ2n) is 3.60. The summed E-state index contributed by atoms with van der Waals surface area (Å²) >= 11 is 1.58. The molecule has 0 spiro atoms. The molecule has 0 fully saturated rings. The third-order valence-corrected chi connectivity index (χ3v) is 3.76. The Kier molecular flexibility index (Phi) is 1.85. The monoisotopic (exact) mass is 218 g/mol. The fraction of sp³-hybridized carbons (Fsp3) is 0.273. The number of para-hydroxylation sites is 1. The first-order valence-electron chi connectivity index (χ1n) is 5.00. The molecule has 1 unspecified atom stereocenters. The zero-order chi connectivity index (χ0) is 10.4. The smallest absolute Gasteiger partial charge is 0.271 e. The van der Waals surface area contributed by atoms with Crippen LogP contribution in [0.4, 0.5) is 5.69 Å². The number of rotatable bonds is 1. The number of hydrogen-bond acceptors (Lipinski definition) is 3. The molecule has 15 heavy (non-hydrogen) atoms. The van der Waals surface area contributed by atoms with E-state index in [-0.39, 0.29) is 11.9 Å². The highest BCUT2D eigenvalue weighted by Gasteiger charge is 2.40. The van der Waals surface area contributed by atoms with Crippen LogP contribution >= 0.6 is 11.8 Å². The van der Waals surface area contributed by atoms with Gasteiger partial charge in [-0.25, -0.2) is 0 Å². The van der Waals surface area contributed by atoms with E-state index < -0.39 is 0 Å². The maximum Gasteiger partial charge on any atom is 0.271 e. The molecular formula is C11H10N2OS. The number of anilines is 1. The molecule has 4 heteroatoms. The average molecular weight is 218 g/mol. The van der Waals surface area contributed by atoms with Crippen molar-refractivity contribution >= 4 is 28.5 Å². The predicted molar refractivity (Wildman–Crippen MR) is 61.3 cm³/mol. The fourth-order valence-corrected chi connectivity index (χ4v) is 3.08. The topological polar surface area (TPSA) is 32.7 Å². The Bertz CT molecular complexity index is 469. The summed E-state index contributed by atoms with van der Waals surface area (Å²) < 4.78 is 0. The van der Waals surface area contributed by atoms with Gasteiger partial charge in [0, 0.05) is 4.90 Å². The van der Waals surface area contributed by atoms with Crippen molar-refractivity contribution in [3.8, 4) is 0 Å². The average Bonchev–Trinajstić information content (AvgIpc) is 2.72. The van der Waals surface area contributed by atoms with Crippen molar-refractivity contribution in [2.45, 2.75) is 24.3 Å². The minimum absolute atomic E-state index is 0.00509. The van der Waals surface area contributed by atoms with Crippen molar-refractivity contribution in [3.63, 3.8) is 0 Å². The largest absolute Gasteiger partial charge is 0.307 e. The van der Waals surface area contributed by atoms with Gasteiger partial charge in [0.25, 0.3) is 5.91 Å². The van der Waals surface area contributed by atoms with Gasteiger partial charge in [0.15, 0.2) is 5.17 Å². The number of amides is 1. The molecule has 1 atom stereocenters. The van der Waals surface area contributed by atoms with Gasteiger partial charge in [-0.15, -0.1) is 0 Å². The Morgan fingerprint density at radius 3 is 3.07 bits per heavy atom. The Hall–Kier alpha value is -1.29. The molecule has 0 saturated heterocycles. The molecule has 76 valence electrons. The molecular weight excluding hydrogens is 208 g/mol. The van der Waals surface area contributed by atoms with E-state index in [2.05, 4.69) is 16.0 Å². The number of carbonyl (C=O) groups is 1. The van der Waals surface area contributed by atoms with Crippen LogP contribution in [0.15, 0.2) is 34.2 Å². The molecule has 2 aliphatic heterocycles. The van der Waals surface area contributed by atoms with Gasteiger partial charge in [0.05, 0.1) is 5.69 Å². The normalized spacial score (nSPS) is 22.7. The van der Waals surface area contributed by atoms with Crippen molar-refractivity contribution in [2.24, 2.45) is 4.99 Å². The number of fused-ring (bicyclic) bond motifs is 3. The van der Waals surface area contributed by atoms with Gasteiger partial charge in [-0.1, -0.05) is 19.1 Å². The highest BCUT2D eigenvalue weighted by atomic mass is 32.2. The molecule has 1 aromatic rings. The van der Waals surface area contributed by atoms with Crippen molar-refractivity contribution in [3.05, 3.63) is 24.3 Å². The van der Waals surface area contributed by atoms with Crippen LogP contribution in [-0.4, -0.2) is 17.1 Å². The first-order chi connectivity index (χ1) is 7.31. The first kappa shape index (κ1) is 8.97. The van der Waals surface area contributed by atoms with Gasteiger partial charge in [-0.3, -0.25) is 4.79 Å². The Morgan fingerprint density at radius 2 is 2.27 bits per heavy atom. The lowest BCUT2D eigenvalue weighted by Crippen LogP contribution is -2.34. The minimum Gasteiger partial charge on any atom is -0.307 e. The number of nitrogens with zero attached hydrogens (tertiary/aromatic N) is 2. The van der Waals surface area contributed by atoms with Crippen LogP contribution in [0.1, 0.15) is 13.3 Å². The van der Waals surface area contributed by atoms with Crippen molar-refractivity contribution in [1.29, 1.82) is 0 Å². The molecule has 0 N–H and O–H groups in total. The number of hydrogen-bond donors (Lipinski definition) is 0. The molecule has 1 amide bonds. The number of carbonyl (C=O) groups excluding carboxylic acids is 1. The molecule has 3 rings (SSSR count). The third-order valence-electron chi connectivity index (χ3n) is 2.72. The van der Waals surface area contributed by atoms with Crippen LogP contribution in [0.3, 0.4) is 0 Å². The predicted octanol–water partition coefficient (Wildman–Crippen LogP) is 2.27. The summed E-state index contributed by atoms with van der Waals surface area (Å²) in [6, 6.07) is 8.04. The van der Waals surface area contributed by atoms with Crippen LogP contribution in [0.25, 0.3) is 0 Å². The molecule has 0 saturated carbocycles. The van der Waals surface area contributed by atoms with E-state index in [0.717, 1.165) is 17.3 Å². The lowest BCUT2D eigenvalue weighted by Gasteiger charge is -2.20. The summed E-state index contributed by atoms with van der Waals surface area (Å²) in [6.07, 6.45) is 0.806. The number of benzene rings is 1. The second kappa shape index (κ2) is 3.10. The SMILES string of the molecule is CCC1C(=O)N=C2Sc3ccccc3N21. The Labute approximate surface area is 92.2 Å². The van der Waals surface area contributed by atoms with Crippen molar-refractivity contribution in [2.75, 3.05) is 4.90 Å². The van der Waals surface area contributed by atoms with Crippen LogP contribution < -0.4 is 4.90 Å². The van der Waals surface area contributed by atoms with E-state index in [9.17, 15) is 4.79 Å². The second-order valence-corrected chi connectivity index (χ2v) is 4.61. The van der Waals surface area contributed by atoms with Gasteiger partial charge in [-0.05, 0) is 30.3 Å². The summed E-state index contributed by atoms with van der Waals surface area (Å²) in [4.78, 5) is 18.9. The molecule has 0 radical (unpaired) electrons. The third kappa shape index (κ3) is 1.14. The lowest BCUT2D eigenvalue weighted by atomic mass is 10.2. The molecule has 0 aliphatic carbocycles. The Morgan fingerprint density at radius 1 is 1.47 bits per heavy atom. The van der Waals surface area contributed by atoms with E-state index in [1.165, 1.54) is 4.90 Å². The van der Waals surface area contributed by atoms with Gasteiger partial charge < -0.3 is 4.90 Å². The van der Waals surface area contributed by atoms with Crippen LogP contribution in [0, 0.1) is 0 Å². The van der Waals surface area contributed by atoms with Crippen molar-refractivity contribution < 1.29 is 4.79 Å². The number of amidine groups is 1. The summed E-state index contributed by atoms with van der Waals surface area (Å²) in [7, 11) is 0. The first-order valence-corrected chi connectivity index (χ1v) is 5.81. The summed E-state index contributed by atoms with van der Waals surface area (Å²) in [5.74, 6) is -0.00509. The molecule has 2 heterocycles. The van der Waals surface area contributed by atoms with E-state index in [4.69, 9.17) is 0 Å². The number of thioether (sulfide) groups is 1. The number of aliphatic imine (C=N–C) groups is 1. The molecule has 1 aromatic carbocycles. The van der Waals surface area contributed by atoms with E-state index in [1.54, 1.807) is 11.8 Å². The highest BCUT2D eigenvalue weighted by molar-refractivity contribution is 8.14. The quantitative estimate of drug-likeness (QED) is 0.725. The van der Waals surface area contributed by atoms with Gasteiger partial charge in [-0.2, -0.15) is 4.99 Å². The summed E-state index contributed by atoms with van der Waals surface area (Å²) in [6.45, 7) is 2.02. The lowest BCUT2D eigenvalue weighted by molar-refractivity contribution is -0.118. The molecule has 2 aliphatic rings. The van der Waals surface area contributed by atoms with Gasteiger partial charge >= 0.3 is 0 Å². The highest BCUT2D eigenvalue weighted by Crippen LogP contribution is 2.44. The molecule has 0 bridgehead atoms. The zero-order valence-corrected chi connectivity index (χ0v) is 9.12. The van der Waals surface area contributed by atoms with Gasteiger partial charge in [0.2, 0.25) is 0 Å². The fourth-order valence-electron chi connectivity index (χ4n) is 2.01. The van der Waals surface area contributed by atoms with Crippen LogP contribution in [0.2, 0.25) is 0 Å².